The third kappa shape index (κ3) is 3.71. The summed E-state index contributed by atoms with van der Waals surface area (Å²) in [5, 5.41) is 6.79. The highest BCUT2D eigenvalue weighted by Crippen LogP contribution is 1.95. The van der Waals surface area contributed by atoms with Crippen molar-refractivity contribution in [1.29, 1.82) is 0 Å². The molecule has 1 fully saturated rings. The molecule has 80 valence electrons. The van der Waals surface area contributed by atoms with Crippen LogP contribution in [0.2, 0.25) is 0 Å². The molecule has 0 aliphatic carbocycles. The summed E-state index contributed by atoms with van der Waals surface area (Å²) in [7, 11) is 1.78. The number of carbonyl (C=O) groups excluding carboxylic acids is 1. The number of hydrazone groups is 1. The molecule has 14 heavy (non-hydrogen) atoms. The van der Waals surface area contributed by atoms with Crippen LogP contribution in [0.3, 0.4) is 0 Å². The summed E-state index contributed by atoms with van der Waals surface area (Å²) in [5.74, 6) is 0.749. The van der Waals surface area contributed by atoms with Gasteiger partial charge in [-0.05, 0) is 0 Å². The van der Waals surface area contributed by atoms with E-state index in [-0.39, 0.29) is 0 Å². The zero-order valence-electron chi connectivity index (χ0n) is 8.32. The number of ether oxygens (including phenoxy) is 1. The highest BCUT2D eigenvalue weighted by molar-refractivity contribution is 5.84. The summed E-state index contributed by atoms with van der Waals surface area (Å²) in [5.41, 5.74) is 2.28. The summed E-state index contributed by atoms with van der Waals surface area (Å²) < 4.78 is 5.22. The first-order valence-corrected chi connectivity index (χ1v) is 4.60. The second-order valence-corrected chi connectivity index (χ2v) is 2.94. The molecule has 0 aromatic carbocycles. The van der Waals surface area contributed by atoms with Crippen LogP contribution in [-0.4, -0.2) is 57.0 Å². The van der Waals surface area contributed by atoms with Crippen molar-refractivity contribution in [3.8, 4) is 0 Å². The van der Waals surface area contributed by atoms with E-state index in [1.165, 1.54) is 0 Å². The number of hydrogen-bond donors (Lipinski definition) is 2. The zero-order valence-corrected chi connectivity index (χ0v) is 8.32. The van der Waals surface area contributed by atoms with Crippen molar-refractivity contribution in [3.05, 3.63) is 0 Å². The minimum atomic E-state index is 0.552. The molecule has 0 saturated carbocycles. The van der Waals surface area contributed by atoms with Gasteiger partial charge in [0.1, 0.15) is 5.84 Å². The molecule has 0 unspecified atom stereocenters. The predicted octanol–water partition coefficient (Wildman–Crippen LogP) is -1.40. The van der Waals surface area contributed by atoms with Gasteiger partial charge in [0.05, 0.1) is 19.8 Å². The second-order valence-electron chi connectivity index (χ2n) is 2.94. The average molecular weight is 200 g/mol. The lowest BCUT2D eigenvalue weighted by molar-refractivity contribution is -0.109. The van der Waals surface area contributed by atoms with E-state index >= 15 is 0 Å². The molecule has 0 spiro atoms. The molecule has 0 atom stereocenters. The van der Waals surface area contributed by atoms with Gasteiger partial charge in [0, 0.05) is 20.1 Å². The number of amides is 1. The van der Waals surface area contributed by atoms with E-state index in [0.29, 0.717) is 13.0 Å². The van der Waals surface area contributed by atoms with Gasteiger partial charge in [-0.25, -0.2) is 5.43 Å². The number of likely N-dealkylation sites (N-methyl/N-ethyl adjacent to an activating group) is 1. The summed E-state index contributed by atoms with van der Waals surface area (Å²) in [4.78, 5) is 12.3. The first-order chi connectivity index (χ1) is 6.86. The first-order valence-electron chi connectivity index (χ1n) is 4.60. The summed E-state index contributed by atoms with van der Waals surface area (Å²) in [6.45, 7) is 4.04. The van der Waals surface area contributed by atoms with E-state index in [0.717, 1.165) is 32.1 Å². The molecule has 0 bridgehead atoms. The maximum Gasteiger partial charge on any atom is 0.227 e. The van der Waals surface area contributed by atoms with Crippen molar-refractivity contribution < 1.29 is 9.53 Å². The summed E-state index contributed by atoms with van der Waals surface area (Å²) in [6.07, 6.45) is 0.552. The Labute approximate surface area is 83.3 Å². The van der Waals surface area contributed by atoms with E-state index in [4.69, 9.17) is 4.74 Å². The summed E-state index contributed by atoms with van der Waals surface area (Å²) >= 11 is 0. The first kappa shape index (κ1) is 10.9. The minimum absolute atomic E-state index is 0.552. The lowest BCUT2D eigenvalue weighted by Crippen LogP contribution is -2.43. The fourth-order valence-corrected chi connectivity index (χ4v) is 1.25. The fourth-order valence-electron chi connectivity index (χ4n) is 1.25. The highest BCUT2D eigenvalue weighted by Gasteiger charge is 2.11. The van der Waals surface area contributed by atoms with E-state index in [2.05, 4.69) is 20.7 Å². The minimum Gasteiger partial charge on any atom is -0.379 e. The van der Waals surface area contributed by atoms with Gasteiger partial charge in [0.15, 0.2) is 0 Å². The average Bonchev–Trinajstić information content (AvgIpc) is 2.25. The molecule has 1 aliphatic rings. The highest BCUT2D eigenvalue weighted by atomic mass is 16.5. The van der Waals surface area contributed by atoms with Crippen LogP contribution in [0.15, 0.2) is 5.10 Å². The molecule has 0 aromatic heterocycles. The van der Waals surface area contributed by atoms with E-state index < -0.39 is 0 Å². The molecule has 1 saturated heterocycles. The van der Waals surface area contributed by atoms with Crippen molar-refractivity contribution in [2.24, 2.45) is 5.10 Å². The maximum absolute atomic E-state index is 10.0. The Morgan fingerprint density at radius 3 is 2.86 bits per heavy atom. The summed E-state index contributed by atoms with van der Waals surface area (Å²) in [6, 6.07) is 0. The quantitative estimate of drug-likeness (QED) is 0.253. The third-order valence-corrected chi connectivity index (χ3v) is 2.02. The van der Waals surface area contributed by atoms with Crippen LogP contribution in [0.25, 0.3) is 0 Å². The van der Waals surface area contributed by atoms with Gasteiger partial charge in [0.2, 0.25) is 6.41 Å². The Kier molecular flexibility index (Phi) is 4.95. The second kappa shape index (κ2) is 6.33. The third-order valence-electron chi connectivity index (χ3n) is 2.02. The lowest BCUT2D eigenvalue weighted by atomic mass is 10.4. The van der Waals surface area contributed by atoms with Crippen molar-refractivity contribution in [2.45, 2.75) is 0 Å². The van der Waals surface area contributed by atoms with Crippen molar-refractivity contribution in [1.82, 2.24) is 15.6 Å². The standard InChI is InChI=1S/C8H16N4O2/c1-9-8(11-10-7-13)6-12-2-4-14-5-3-12/h7H,2-6H2,1H3,(H,9,11)(H,10,13). The van der Waals surface area contributed by atoms with Gasteiger partial charge < -0.3 is 10.1 Å². The van der Waals surface area contributed by atoms with Crippen molar-refractivity contribution >= 4 is 12.2 Å². The van der Waals surface area contributed by atoms with Gasteiger partial charge in [-0.3, -0.25) is 9.69 Å². The molecule has 0 aromatic rings. The van der Waals surface area contributed by atoms with Crippen LogP contribution in [0, 0.1) is 0 Å². The maximum atomic E-state index is 10.0. The van der Waals surface area contributed by atoms with Gasteiger partial charge >= 0.3 is 0 Å². The van der Waals surface area contributed by atoms with E-state index in [1.807, 2.05) is 0 Å². The van der Waals surface area contributed by atoms with Crippen LogP contribution in [0.5, 0.6) is 0 Å². The van der Waals surface area contributed by atoms with Crippen LogP contribution < -0.4 is 10.7 Å². The molecular formula is C8H16N4O2. The van der Waals surface area contributed by atoms with Crippen molar-refractivity contribution in [3.63, 3.8) is 0 Å². The largest absolute Gasteiger partial charge is 0.379 e. The molecule has 1 amide bonds. The van der Waals surface area contributed by atoms with Gasteiger partial charge in [-0.1, -0.05) is 0 Å². The number of nitrogens with one attached hydrogen (secondary N) is 2. The Hall–Kier alpha value is -1.14. The molecule has 0 radical (unpaired) electrons. The van der Waals surface area contributed by atoms with E-state index in [9.17, 15) is 4.79 Å². The predicted molar refractivity (Wildman–Crippen MR) is 53.0 cm³/mol. The van der Waals surface area contributed by atoms with Crippen LogP contribution in [0.4, 0.5) is 0 Å². The lowest BCUT2D eigenvalue weighted by Gasteiger charge is -2.26. The number of amidine groups is 1. The molecular weight excluding hydrogens is 184 g/mol. The van der Waals surface area contributed by atoms with Crippen LogP contribution in [-0.2, 0) is 9.53 Å². The Bertz CT molecular complexity index is 202. The monoisotopic (exact) mass is 200 g/mol. The van der Waals surface area contributed by atoms with E-state index in [1.54, 1.807) is 7.05 Å². The Morgan fingerprint density at radius 2 is 2.29 bits per heavy atom. The fraction of sp³-hybridized carbons (Fsp3) is 0.750. The number of hydrogen-bond acceptors (Lipinski definition) is 4. The van der Waals surface area contributed by atoms with Crippen molar-refractivity contribution in [2.75, 3.05) is 39.9 Å². The number of nitrogens with zero attached hydrogens (tertiary/aromatic N) is 2. The van der Waals surface area contributed by atoms with Crippen LogP contribution in [0.1, 0.15) is 0 Å². The number of carbonyl (C=O) groups is 1. The zero-order chi connectivity index (χ0) is 10.2. The van der Waals surface area contributed by atoms with Gasteiger partial charge in [-0.2, -0.15) is 5.10 Å². The van der Waals surface area contributed by atoms with Gasteiger partial charge in [0.25, 0.3) is 0 Å². The number of morpholine rings is 1. The topological polar surface area (TPSA) is 66.0 Å². The Balaban J connectivity index is 2.34. The molecule has 1 aliphatic heterocycles. The number of rotatable bonds is 4. The molecule has 1 heterocycles. The SMILES string of the molecule is CN/C(CN1CCOCC1)=N\NC=O. The normalized spacial score (nSPS) is 19.1. The Morgan fingerprint density at radius 1 is 1.57 bits per heavy atom. The molecule has 1 rings (SSSR count). The molecule has 2 N–H and O–H groups in total. The van der Waals surface area contributed by atoms with Gasteiger partial charge in [-0.15, -0.1) is 0 Å². The van der Waals surface area contributed by atoms with Crippen LogP contribution >= 0.6 is 0 Å². The molecule has 6 heteroatoms. The molecule has 6 nitrogen and oxygen atoms in total. The smallest absolute Gasteiger partial charge is 0.227 e.